The van der Waals surface area contributed by atoms with Gasteiger partial charge < -0.3 is 10.6 Å². The van der Waals surface area contributed by atoms with E-state index < -0.39 is 0 Å². The number of aromatic nitrogens is 1. The van der Waals surface area contributed by atoms with Crippen LogP contribution in [0.25, 0.3) is 10.9 Å². The van der Waals surface area contributed by atoms with Crippen molar-refractivity contribution in [2.75, 3.05) is 17.7 Å². The third kappa shape index (κ3) is 2.20. The van der Waals surface area contributed by atoms with Gasteiger partial charge in [-0.1, -0.05) is 0 Å². The molecule has 0 aliphatic rings. The quantitative estimate of drug-likeness (QED) is 0.748. The molecule has 0 aliphatic heterocycles. The van der Waals surface area contributed by atoms with E-state index in [4.69, 9.17) is 5.73 Å². The first-order valence-electron chi connectivity index (χ1n) is 6.21. The minimum atomic E-state index is -0.341. The number of nitrogens with zero attached hydrogens (tertiary/aromatic N) is 2. The highest BCUT2D eigenvalue weighted by Gasteiger charge is 2.15. The van der Waals surface area contributed by atoms with E-state index in [0.29, 0.717) is 23.4 Å². The first-order chi connectivity index (χ1) is 9.66. The SMILES string of the molecule is CN(Cc1ccsc1)c1c(F)cc(N)c2cccnc12. The molecule has 2 N–H and O–H groups in total. The fraction of sp³-hybridized carbons (Fsp3) is 0.133. The highest BCUT2D eigenvalue weighted by atomic mass is 32.1. The van der Waals surface area contributed by atoms with E-state index >= 15 is 0 Å². The summed E-state index contributed by atoms with van der Waals surface area (Å²) >= 11 is 1.63. The average Bonchev–Trinajstić information content (AvgIpc) is 2.91. The summed E-state index contributed by atoms with van der Waals surface area (Å²) in [6, 6.07) is 7.06. The Kier molecular flexibility index (Phi) is 3.28. The molecule has 3 rings (SSSR count). The predicted molar refractivity (Wildman–Crippen MR) is 82.5 cm³/mol. The summed E-state index contributed by atoms with van der Waals surface area (Å²) in [6.07, 6.45) is 1.66. The number of benzene rings is 1. The minimum Gasteiger partial charge on any atom is -0.398 e. The maximum atomic E-state index is 14.3. The van der Waals surface area contributed by atoms with Crippen molar-refractivity contribution < 1.29 is 4.39 Å². The van der Waals surface area contributed by atoms with Crippen LogP contribution in [0.2, 0.25) is 0 Å². The van der Waals surface area contributed by atoms with Crippen LogP contribution < -0.4 is 10.6 Å². The normalized spacial score (nSPS) is 10.9. The van der Waals surface area contributed by atoms with Gasteiger partial charge in [-0.25, -0.2) is 4.39 Å². The van der Waals surface area contributed by atoms with E-state index in [-0.39, 0.29) is 5.82 Å². The largest absolute Gasteiger partial charge is 0.398 e. The molecule has 3 aromatic rings. The van der Waals surface area contributed by atoms with Crippen LogP contribution in [0.5, 0.6) is 0 Å². The fourth-order valence-electron chi connectivity index (χ4n) is 2.32. The number of pyridine rings is 1. The zero-order valence-corrected chi connectivity index (χ0v) is 11.8. The average molecular weight is 287 g/mol. The summed E-state index contributed by atoms with van der Waals surface area (Å²) in [5.74, 6) is -0.341. The summed E-state index contributed by atoms with van der Waals surface area (Å²) in [5.41, 5.74) is 8.52. The van der Waals surface area contributed by atoms with Gasteiger partial charge in [0.2, 0.25) is 0 Å². The highest BCUT2D eigenvalue weighted by Crippen LogP contribution is 2.32. The molecule has 2 heterocycles. The second kappa shape index (κ2) is 5.09. The Labute approximate surface area is 120 Å². The Morgan fingerprint density at radius 2 is 2.25 bits per heavy atom. The molecule has 3 nitrogen and oxygen atoms in total. The van der Waals surface area contributed by atoms with Gasteiger partial charge in [-0.15, -0.1) is 0 Å². The Balaban J connectivity index is 2.10. The molecular formula is C15H14FN3S. The first-order valence-corrected chi connectivity index (χ1v) is 7.16. The number of nitrogens with two attached hydrogens (primary N) is 1. The summed E-state index contributed by atoms with van der Waals surface area (Å²) < 4.78 is 14.3. The smallest absolute Gasteiger partial charge is 0.150 e. The molecule has 0 unspecified atom stereocenters. The number of nitrogen functional groups attached to an aromatic ring is 1. The Morgan fingerprint density at radius 1 is 1.40 bits per heavy atom. The molecule has 0 aliphatic carbocycles. The van der Waals surface area contributed by atoms with Crippen LogP contribution in [0.3, 0.4) is 0 Å². The maximum Gasteiger partial charge on any atom is 0.150 e. The number of fused-ring (bicyclic) bond motifs is 1. The van der Waals surface area contributed by atoms with Crippen molar-refractivity contribution in [3.63, 3.8) is 0 Å². The van der Waals surface area contributed by atoms with Crippen molar-refractivity contribution in [2.24, 2.45) is 0 Å². The lowest BCUT2D eigenvalue weighted by Gasteiger charge is -2.21. The van der Waals surface area contributed by atoms with Crippen LogP contribution in [0.15, 0.2) is 41.2 Å². The number of rotatable bonds is 3. The first kappa shape index (κ1) is 12.9. The van der Waals surface area contributed by atoms with E-state index in [0.717, 1.165) is 10.9 Å². The van der Waals surface area contributed by atoms with Gasteiger partial charge in [-0.3, -0.25) is 4.98 Å². The molecule has 0 bridgehead atoms. The lowest BCUT2D eigenvalue weighted by Crippen LogP contribution is -2.18. The zero-order valence-electron chi connectivity index (χ0n) is 11.0. The lowest BCUT2D eigenvalue weighted by molar-refractivity contribution is 0.624. The van der Waals surface area contributed by atoms with E-state index in [1.54, 1.807) is 23.6 Å². The van der Waals surface area contributed by atoms with Gasteiger partial charge in [-0.2, -0.15) is 11.3 Å². The molecule has 0 saturated carbocycles. The summed E-state index contributed by atoms with van der Waals surface area (Å²) in [5, 5.41) is 4.85. The second-order valence-corrected chi connectivity index (χ2v) is 5.46. The van der Waals surface area contributed by atoms with Crippen molar-refractivity contribution in [1.29, 1.82) is 0 Å². The molecule has 0 radical (unpaired) electrons. The minimum absolute atomic E-state index is 0.341. The Bertz CT molecular complexity index is 740. The summed E-state index contributed by atoms with van der Waals surface area (Å²) in [6.45, 7) is 0.635. The Hall–Kier alpha value is -2.14. The lowest BCUT2D eigenvalue weighted by atomic mass is 10.1. The van der Waals surface area contributed by atoms with Crippen molar-refractivity contribution in [2.45, 2.75) is 6.54 Å². The van der Waals surface area contributed by atoms with Crippen LogP contribution in [0, 0.1) is 5.82 Å². The van der Waals surface area contributed by atoms with E-state index in [1.807, 2.05) is 29.5 Å². The van der Waals surface area contributed by atoms with Crippen LogP contribution in [-0.2, 0) is 6.54 Å². The molecule has 102 valence electrons. The molecule has 5 heteroatoms. The molecule has 1 aromatic carbocycles. The highest BCUT2D eigenvalue weighted by molar-refractivity contribution is 7.07. The van der Waals surface area contributed by atoms with Crippen molar-refractivity contribution in [3.8, 4) is 0 Å². The van der Waals surface area contributed by atoms with Crippen molar-refractivity contribution in [3.05, 3.63) is 52.6 Å². The monoisotopic (exact) mass is 287 g/mol. The van der Waals surface area contributed by atoms with Gasteiger partial charge in [0.25, 0.3) is 0 Å². The molecule has 0 saturated heterocycles. The van der Waals surface area contributed by atoms with Crippen LogP contribution in [-0.4, -0.2) is 12.0 Å². The van der Waals surface area contributed by atoms with E-state index in [9.17, 15) is 4.39 Å². The molecule has 20 heavy (non-hydrogen) atoms. The van der Waals surface area contributed by atoms with Gasteiger partial charge in [0, 0.05) is 30.9 Å². The third-order valence-electron chi connectivity index (χ3n) is 3.23. The molecule has 0 amide bonds. The van der Waals surface area contributed by atoms with E-state index in [1.165, 1.54) is 6.07 Å². The van der Waals surface area contributed by atoms with Crippen LogP contribution >= 0.6 is 11.3 Å². The molecule has 2 aromatic heterocycles. The summed E-state index contributed by atoms with van der Waals surface area (Å²) in [4.78, 5) is 6.16. The molecule has 0 fully saturated rings. The van der Waals surface area contributed by atoms with E-state index in [2.05, 4.69) is 10.4 Å². The molecule has 0 spiro atoms. The number of hydrogen-bond donors (Lipinski definition) is 1. The fourth-order valence-corrected chi connectivity index (χ4v) is 2.98. The molecular weight excluding hydrogens is 273 g/mol. The zero-order chi connectivity index (χ0) is 14.1. The van der Waals surface area contributed by atoms with Gasteiger partial charge in [0.1, 0.15) is 0 Å². The topological polar surface area (TPSA) is 42.1 Å². The number of anilines is 2. The van der Waals surface area contributed by atoms with Crippen molar-refractivity contribution >= 4 is 33.6 Å². The second-order valence-electron chi connectivity index (χ2n) is 4.68. The predicted octanol–water partition coefficient (Wildman–Crippen LogP) is 3.65. The summed E-state index contributed by atoms with van der Waals surface area (Å²) in [7, 11) is 1.86. The standard InChI is InChI=1S/C15H14FN3S/c1-19(8-10-4-6-20-9-10)15-12(16)7-13(17)11-3-2-5-18-14(11)15/h2-7,9H,8,17H2,1H3. The maximum absolute atomic E-state index is 14.3. The van der Waals surface area contributed by atoms with Crippen LogP contribution in [0.4, 0.5) is 15.8 Å². The van der Waals surface area contributed by atoms with Gasteiger partial charge in [0.05, 0.1) is 11.2 Å². The van der Waals surface area contributed by atoms with Gasteiger partial charge in [-0.05, 0) is 40.6 Å². The van der Waals surface area contributed by atoms with Crippen molar-refractivity contribution in [1.82, 2.24) is 4.98 Å². The van der Waals surface area contributed by atoms with Gasteiger partial charge in [0.15, 0.2) is 5.82 Å². The number of thiophene rings is 1. The number of hydrogen-bond acceptors (Lipinski definition) is 4. The Morgan fingerprint density at radius 3 is 3.00 bits per heavy atom. The van der Waals surface area contributed by atoms with Crippen LogP contribution in [0.1, 0.15) is 5.56 Å². The van der Waals surface area contributed by atoms with Gasteiger partial charge >= 0.3 is 0 Å². The molecule has 0 atom stereocenters. The number of halogens is 1. The third-order valence-corrected chi connectivity index (χ3v) is 3.97.